The van der Waals surface area contributed by atoms with Crippen LogP contribution in [0.4, 0.5) is 0 Å². The Morgan fingerprint density at radius 1 is 1.35 bits per heavy atom. The molecule has 1 saturated carbocycles. The molecule has 1 aliphatic rings. The fraction of sp³-hybridized carbons (Fsp3) is 0.417. The predicted molar refractivity (Wildman–Crippen MR) is 58.7 cm³/mol. The summed E-state index contributed by atoms with van der Waals surface area (Å²) in [6.07, 6.45) is 0.0532. The fourth-order valence-electron chi connectivity index (χ4n) is 2.03. The Kier molecular flexibility index (Phi) is 2.71. The van der Waals surface area contributed by atoms with E-state index >= 15 is 0 Å². The van der Waals surface area contributed by atoms with Crippen molar-refractivity contribution >= 4 is 5.97 Å². The molecule has 1 fully saturated rings. The Labute approximate surface area is 98.3 Å². The number of aliphatic hydroxyl groups excluding tert-OH is 1. The molecule has 1 atom stereocenters. The first-order valence-corrected chi connectivity index (χ1v) is 5.29. The van der Waals surface area contributed by atoms with E-state index in [1.165, 1.54) is 19.2 Å². The Morgan fingerprint density at radius 2 is 2.00 bits per heavy atom. The minimum atomic E-state index is -1.24. The van der Waals surface area contributed by atoms with E-state index in [0.717, 1.165) is 0 Å². The average molecular weight is 238 g/mol. The normalized spacial score (nSPS) is 18.5. The molecular weight excluding hydrogens is 224 g/mol. The highest BCUT2D eigenvalue weighted by molar-refractivity contribution is 5.77. The number of benzene rings is 1. The second-order valence-corrected chi connectivity index (χ2v) is 4.29. The van der Waals surface area contributed by atoms with Gasteiger partial charge in [0.25, 0.3) is 0 Å². The first-order chi connectivity index (χ1) is 8.01. The van der Waals surface area contributed by atoms with Gasteiger partial charge in [-0.2, -0.15) is 0 Å². The van der Waals surface area contributed by atoms with Crippen molar-refractivity contribution in [3.05, 3.63) is 23.8 Å². The number of carbonyl (C=O) groups is 1. The zero-order valence-electron chi connectivity index (χ0n) is 9.38. The van der Waals surface area contributed by atoms with Crippen molar-refractivity contribution in [3.63, 3.8) is 0 Å². The summed E-state index contributed by atoms with van der Waals surface area (Å²) in [4.78, 5) is 11.3. The van der Waals surface area contributed by atoms with E-state index in [1.54, 1.807) is 6.07 Å². The van der Waals surface area contributed by atoms with Crippen LogP contribution in [-0.4, -0.2) is 34.5 Å². The van der Waals surface area contributed by atoms with Gasteiger partial charge in [0.1, 0.15) is 0 Å². The summed E-state index contributed by atoms with van der Waals surface area (Å²) in [5.41, 5.74) is -0.0520. The lowest BCUT2D eigenvalue weighted by molar-refractivity contribution is -0.152. The van der Waals surface area contributed by atoms with Gasteiger partial charge < -0.3 is 20.1 Å². The van der Waals surface area contributed by atoms with E-state index in [0.29, 0.717) is 18.4 Å². The van der Waals surface area contributed by atoms with Crippen LogP contribution in [0.15, 0.2) is 18.2 Å². The molecule has 0 amide bonds. The molecule has 1 aliphatic carbocycles. The molecule has 1 aromatic rings. The average Bonchev–Trinajstić information content (AvgIpc) is 3.12. The van der Waals surface area contributed by atoms with Crippen molar-refractivity contribution in [3.8, 4) is 11.5 Å². The summed E-state index contributed by atoms with van der Waals surface area (Å²) < 4.78 is 4.51. The maximum absolute atomic E-state index is 11.3. The molecule has 0 aromatic heterocycles. The van der Waals surface area contributed by atoms with Gasteiger partial charge in [0.2, 0.25) is 0 Å². The molecule has 17 heavy (non-hydrogen) atoms. The van der Waals surface area contributed by atoms with Crippen LogP contribution < -0.4 is 0 Å². The zero-order valence-corrected chi connectivity index (χ0v) is 9.38. The number of phenolic OH excluding ortho intramolecular Hbond substituents is 2. The van der Waals surface area contributed by atoms with Gasteiger partial charge in [0.15, 0.2) is 17.6 Å². The number of aromatic hydroxyl groups is 2. The Hall–Kier alpha value is -1.75. The number of hydrogen-bond acceptors (Lipinski definition) is 5. The molecular formula is C12H14O5. The second-order valence-electron chi connectivity index (χ2n) is 4.29. The van der Waals surface area contributed by atoms with Crippen LogP contribution in [0.2, 0.25) is 0 Å². The van der Waals surface area contributed by atoms with E-state index in [1.807, 2.05) is 0 Å². The quantitative estimate of drug-likeness (QED) is 0.532. The molecule has 1 unspecified atom stereocenters. The second kappa shape index (κ2) is 3.92. The van der Waals surface area contributed by atoms with E-state index in [-0.39, 0.29) is 11.5 Å². The van der Waals surface area contributed by atoms with E-state index in [4.69, 9.17) is 0 Å². The van der Waals surface area contributed by atoms with Gasteiger partial charge >= 0.3 is 5.97 Å². The van der Waals surface area contributed by atoms with Gasteiger partial charge in [-0.3, -0.25) is 0 Å². The van der Waals surface area contributed by atoms with Gasteiger partial charge in [0, 0.05) is 5.41 Å². The first-order valence-electron chi connectivity index (χ1n) is 5.29. The molecule has 92 valence electrons. The van der Waals surface area contributed by atoms with Crippen molar-refractivity contribution in [2.45, 2.75) is 24.4 Å². The number of methoxy groups -OCH3 is 1. The van der Waals surface area contributed by atoms with Crippen LogP contribution in [0.3, 0.4) is 0 Å². The third kappa shape index (κ3) is 1.82. The third-order valence-corrected chi connectivity index (χ3v) is 3.29. The Balaban J connectivity index is 2.32. The first kappa shape index (κ1) is 11.7. The van der Waals surface area contributed by atoms with Gasteiger partial charge in [-0.15, -0.1) is 0 Å². The maximum atomic E-state index is 11.3. The molecule has 1 aromatic carbocycles. The molecule has 0 spiro atoms. The molecule has 3 N–H and O–H groups in total. The summed E-state index contributed by atoms with van der Waals surface area (Å²) in [5.74, 6) is -1.17. The lowest BCUT2D eigenvalue weighted by Gasteiger charge is -2.20. The standard InChI is InChI=1S/C12H14O5/c1-17-11(16)10(15)12(4-5-12)7-2-3-8(13)9(14)6-7/h2-3,6,10,13-15H,4-5H2,1H3. The van der Waals surface area contributed by atoms with Crippen molar-refractivity contribution in [1.82, 2.24) is 0 Å². The van der Waals surface area contributed by atoms with E-state index in [9.17, 15) is 20.1 Å². The van der Waals surface area contributed by atoms with E-state index in [2.05, 4.69) is 4.74 Å². The molecule has 0 aliphatic heterocycles. The highest BCUT2D eigenvalue weighted by atomic mass is 16.5. The third-order valence-electron chi connectivity index (χ3n) is 3.29. The van der Waals surface area contributed by atoms with Gasteiger partial charge in [-0.25, -0.2) is 4.79 Å². The highest BCUT2D eigenvalue weighted by Crippen LogP contribution is 2.52. The lowest BCUT2D eigenvalue weighted by atomic mass is 9.89. The zero-order chi connectivity index (χ0) is 12.6. The summed E-state index contributed by atoms with van der Waals surface area (Å²) in [7, 11) is 1.22. The van der Waals surface area contributed by atoms with Gasteiger partial charge in [-0.05, 0) is 30.5 Å². The number of aliphatic hydroxyl groups is 1. The van der Waals surface area contributed by atoms with Crippen molar-refractivity contribution in [1.29, 1.82) is 0 Å². The van der Waals surface area contributed by atoms with Crippen molar-refractivity contribution in [2.24, 2.45) is 0 Å². The minimum absolute atomic E-state index is 0.225. The van der Waals surface area contributed by atoms with Crippen molar-refractivity contribution in [2.75, 3.05) is 7.11 Å². The van der Waals surface area contributed by atoms with Crippen LogP contribution >= 0.6 is 0 Å². The Morgan fingerprint density at radius 3 is 2.47 bits per heavy atom. The highest BCUT2D eigenvalue weighted by Gasteiger charge is 2.54. The van der Waals surface area contributed by atoms with E-state index < -0.39 is 17.5 Å². The van der Waals surface area contributed by atoms with Crippen LogP contribution in [0.5, 0.6) is 11.5 Å². The number of rotatable bonds is 3. The summed E-state index contributed by atoms with van der Waals surface area (Å²) in [5, 5.41) is 28.5. The molecule has 5 nitrogen and oxygen atoms in total. The fourth-order valence-corrected chi connectivity index (χ4v) is 2.03. The summed E-state index contributed by atoms with van der Waals surface area (Å²) in [6.45, 7) is 0. The number of ether oxygens (including phenoxy) is 1. The smallest absolute Gasteiger partial charge is 0.335 e. The van der Waals surface area contributed by atoms with Crippen LogP contribution in [0.1, 0.15) is 18.4 Å². The maximum Gasteiger partial charge on any atom is 0.335 e. The number of phenols is 2. The SMILES string of the molecule is COC(=O)C(O)C1(c2ccc(O)c(O)c2)CC1. The number of hydrogen-bond donors (Lipinski definition) is 3. The molecule has 0 radical (unpaired) electrons. The molecule has 5 heteroatoms. The molecule has 2 rings (SSSR count). The summed E-state index contributed by atoms with van der Waals surface area (Å²) in [6, 6.07) is 4.30. The minimum Gasteiger partial charge on any atom is -0.504 e. The largest absolute Gasteiger partial charge is 0.504 e. The molecule has 0 heterocycles. The lowest BCUT2D eigenvalue weighted by Crippen LogP contribution is -2.34. The van der Waals surface area contributed by atoms with Gasteiger partial charge in [0.05, 0.1) is 7.11 Å². The monoisotopic (exact) mass is 238 g/mol. The summed E-state index contributed by atoms with van der Waals surface area (Å²) >= 11 is 0. The molecule has 0 bridgehead atoms. The van der Waals surface area contributed by atoms with Gasteiger partial charge in [-0.1, -0.05) is 6.07 Å². The van der Waals surface area contributed by atoms with Crippen LogP contribution in [0.25, 0.3) is 0 Å². The predicted octanol–water partition coefficient (Wildman–Crippen LogP) is 0.663. The number of carbonyl (C=O) groups excluding carboxylic acids is 1. The van der Waals surface area contributed by atoms with Crippen LogP contribution in [-0.2, 0) is 14.9 Å². The Bertz CT molecular complexity index is 450. The topological polar surface area (TPSA) is 87.0 Å². The van der Waals surface area contributed by atoms with Crippen LogP contribution in [0, 0.1) is 0 Å². The number of esters is 1. The molecule has 0 saturated heterocycles. The van der Waals surface area contributed by atoms with Crippen molar-refractivity contribution < 1.29 is 24.9 Å².